The molecule has 0 aliphatic heterocycles. The molecular formula is C28H31N3O4. The van der Waals surface area contributed by atoms with Gasteiger partial charge in [0, 0.05) is 35.0 Å². The van der Waals surface area contributed by atoms with Crippen molar-refractivity contribution >= 4 is 39.3 Å². The quantitative estimate of drug-likeness (QED) is 0.299. The largest absolute Gasteiger partial charge is 0.497 e. The Morgan fingerprint density at radius 1 is 0.971 bits per heavy atom. The van der Waals surface area contributed by atoms with E-state index in [1.54, 1.807) is 14.2 Å². The summed E-state index contributed by atoms with van der Waals surface area (Å²) >= 11 is 0. The highest BCUT2D eigenvalue weighted by Gasteiger charge is 2.14. The van der Waals surface area contributed by atoms with Crippen LogP contribution in [0, 0.1) is 6.92 Å². The van der Waals surface area contributed by atoms with Crippen LogP contribution in [0.3, 0.4) is 0 Å². The standard InChI is InChI=1S/C28H31N3O4/c1-17(2)29-28(32)35-12-11-19-7-6-8-20(14-19)30-27-22-10-9-21(33-4)15-25(22)31-24-13-18(3)26(34-5)16-23(24)27/h6-10,13-17H,11-12H2,1-5H3,(H,29,32)(H,30,31). The second kappa shape index (κ2) is 10.5. The maximum Gasteiger partial charge on any atom is 0.407 e. The van der Waals surface area contributed by atoms with Crippen LogP contribution in [-0.2, 0) is 11.2 Å². The molecule has 0 bridgehead atoms. The van der Waals surface area contributed by atoms with Gasteiger partial charge in [-0.15, -0.1) is 0 Å². The van der Waals surface area contributed by atoms with E-state index in [9.17, 15) is 4.79 Å². The van der Waals surface area contributed by atoms with Gasteiger partial charge in [0.25, 0.3) is 0 Å². The first-order valence-corrected chi connectivity index (χ1v) is 11.6. The molecule has 4 rings (SSSR count). The maximum atomic E-state index is 11.8. The van der Waals surface area contributed by atoms with Crippen molar-refractivity contribution in [2.24, 2.45) is 0 Å². The van der Waals surface area contributed by atoms with E-state index in [2.05, 4.69) is 16.7 Å². The molecule has 0 saturated heterocycles. The first-order valence-electron chi connectivity index (χ1n) is 11.6. The van der Waals surface area contributed by atoms with Gasteiger partial charge in [-0.1, -0.05) is 12.1 Å². The number of hydrogen-bond donors (Lipinski definition) is 2. The van der Waals surface area contributed by atoms with Crippen LogP contribution in [0.1, 0.15) is 25.0 Å². The second-order valence-electron chi connectivity index (χ2n) is 8.72. The Balaban J connectivity index is 1.68. The number of aryl methyl sites for hydroxylation is 1. The first-order chi connectivity index (χ1) is 16.9. The second-order valence-corrected chi connectivity index (χ2v) is 8.72. The number of nitrogens with one attached hydrogen (secondary N) is 2. The maximum absolute atomic E-state index is 11.8. The summed E-state index contributed by atoms with van der Waals surface area (Å²) < 4.78 is 16.3. The van der Waals surface area contributed by atoms with Gasteiger partial charge in [0.2, 0.25) is 0 Å². The van der Waals surface area contributed by atoms with Crippen molar-refractivity contribution in [2.45, 2.75) is 33.2 Å². The van der Waals surface area contributed by atoms with E-state index >= 15 is 0 Å². The van der Waals surface area contributed by atoms with Gasteiger partial charge >= 0.3 is 6.09 Å². The molecule has 4 aromatic rings. The summed E-state index contributed by atoms with van der Waals surface area (Å²) in [5.41, 5.74) is 5.65. The molecule has 1 amide bonds. The summed E-state index contributed by atoms with van der Waals surface area (Å²) in [5, 5.41) is 8.27. The number of pyridine rings is 1. The van der Waals surface area contributed by atoms with E-state index in [-0.39, 0.29) is 6.04 Å². The minimum atomic E-state index is -0.399. The minimum Gasteiger partial charge on any atom is -0.497 e. The predicted molar refractivity (Wildman–Crippen MR) is 140 cm³/mol. The molecule has 1 aromatic heterocycles. The number of ether oxygens (including phenoxy) is 3. The molecule has 35 heavy (non-hydrogen) atoms. The highest BCUT2D eigenvalue weighted by Crippen LogP contribution is 2.37. The number of anilines is 2. The number of nitrogens with zero attached hydrogens (tertiary/aromatic N) is 1. The lowest BCUT2D eigenvalue weighted by Gasteiger charge is -2.16. The highest BCUT2D eigenvalue weighted by atomic mass is 16.5. The lowest BCUT2D eigenvalue weighted by Crippen LogP contribution is -2.31. The molecule has 0 radical (unpaired) electrons. The summed E-state index contributed by atoms with van der Waals surface area (Å²) in [6.45, 7) is 6.11. The fourth-order valence-corrected chi connectivity index (χ4v) is 4.03. The van der Waals surface area contributed by atoms with Crippen LogP contribution in [0.4, 0.5) is 16.2 Å². The summed E-state index contributed by atoms with van der Waals surface area (Å²) in [5.74, 6) is 1.56. The van der Waals surface area contributed by atoms with Crippen molar-refractivity contribution in [3.05, 3.63) is 65.7 Å². The zero-order valence-electron chi connectivity index (χ0n) is 20.8. The Labute approximate surface area is 205 Å². The topological polar surface area (TPSA) is 81.7 Å². The number of carbonyl (C=O) groups excluding carboxylic acids is 1. The molecular weight excluding hydrogens is 442 g/mol. The molecule has 0 atom stereocenters. The van der Waals surface area contributed by atoms with Crippen LogP contribution in [0.25, 0.3) is 21.8 Å². The van der Waals surface area contributed by atoms with Gasteiger partial charge in [-0.2, -0.15) is 0 Å². The Hall–Kier alpha value is -4.00. The van der Waals surface area contributed by atoms with Crippen LogP contribution < -0.4 is 20.1 Å². The normalized spacial score (nSPS) is 11.0. The fourth-order valence-electron chi connectivity index (χ4n) is 4.03. The molecule has 2 N–H and O–H groups in total. The van der Waals surface area contributed by atoms with E-state index in [1.807, 2.05) is 69.3 Å². The molecule has 0 aliphatic carbocycles. The number of carbonyl (C=O) groups is 1. The van der Waals surface area contributed by atoms with Crippen molar-refractivity contribution in [1.82, 2.24) is 10.3 Å². The van der Waals surface area contributed by atoms with Gasteiger partial charge in [0.1, 0.15) is 11.5 Å². The number of amides is 1. The third-order valence-electron chi connectivity index (χ3n) is 5.72. The monoisotopic (exact) mass is 473 g/mol. The summed E-state index contributed by atoms with van der Waals surface area (Å²) in [4.78, 5) is 16.6. The zero-order chi connectivity index (χ0) is 24.9. The minimum absolute atomic E-state index is 0.0439. The predicted octanol–water partition coefficient (Wildman–Crippen LogP) is 6.13. The van der Waals surface area contributed by atoms with Crippen molar-refractivity contribution < 1.29 is 19.0 Å². The number of methoxy groups -OCH3 is 2. The van der Waals surface area contributed by atoms with Crippen molar-refractivity contribution in [1.29, 1.82) is 0 Å². The third-order valence-corrected chi connectivity index (χ3v) is 5.72. The Kier molecular flexibility index (Phi) is 7.25. The van der Waals surface area contributed by atoms with E-state index in [4.69, 9.17) is 19.2 Å². The Bertz CT molecular complexity index is 1370. The number of fused-ring (bicyclic) bond motifs is 2. The Morgan fingerprint density at radius 2 is 1.77 bits per heavy atom. The average molecular weight is 474 g/mol. The van der Waals surface area contributed by atoms with E-state index in [1.165, 1.54) is 0 Å². The first kappa shape index (κ1) is 24.1. The van der Waals surface area contributed by atoms with Gasteiger partial charge in [-0.25, -0.2) is 9.78 Å². The number of aromatic nitrogens is 1. The summed E-state index contributed by atoms with van der Waals surface area (Å²) in [6.07, 6.45) is 0.215. The molecule has 0 aliphatic rings. The van der Waals surface area contributed by atoms with Gasteiger partial charge in [0.15, 0.2) is 0 Å². The van der Waals surface area contributed by atoms with Crippen LogP contribution in [0.15, 0.2) is 54.6 Å². The Morgan fingerprint density at radius 3 is 2.51 bits per heavy atom. The van der Waals surface area contributed by atoms with Crippen LogP contribution in [0.2, 0.25) is 0 Å². The molecule has 0 saturated carbocycles. The molecule has 0 fully saturated rings. The van der Waals surface area contributed by atoms with Crippen molar-refractivity contribution in [2.75, 3.05) is 26.1 Å². The van der Waals surface area contributed by atoms with E-state index < -0.39 is 6.09 Å². The van der Waals surface area contributed by atoms with Gasteiger partial charge in [0.05, 0.1) is 37.5 Å². The molecule has 1 heterocycles. The molecule has 3 aromatic carbocycles. The SMILES string of the molecule is COc1ccc2c(Nc3cccc(CCOC(=O)NC(C)C)c3)c3cc(OC)c(C)cc3nc2c1. The summed E-state index contributed by atoms with van der Waals surface area (Å²) in [6, 6.07) is 18.1. The summed E-state index contributed by atoms with van der Waals surface area (Å²) in [7, 11) is 3.33. The van der Waals surface area contributed by atoms with E-state index in [0.29, 0.717) is 13.0 Å². The van der Waals surface area contributed by atoms with Crippen LogP contribution >= 0.6 is 0 Å². The number of rotatable bonds is 8. The number of benzene rings is 3. The van der Waals surface area contributed by atoms with Crippen LogP contribution in [-0.4, -0.2) is 37.9 Å². The van der Waals surface area contributed by atoms with Gasteiger partial charge < -0.3 is 24.8 Å². The molecule has 7 heteroatoms. The number of alkyl carbamates (subject to hydrolysis) is 1. The fraction of sp³-hybridized carbons (Fsp3) is 0.286. The van der Waals surface area contributed by atoms with Crippen molar-refractivity contribution in [3.8, 4) is 11.5 Å². The van der Waals surface area contributed by atoms with Gasteiger partial charge in [-0.05, 0) is 68.3 Å². The van der Waals surface area contributed by atoms with Crippen molar-refractivity contribution in [3.63, 3.8) is 0 Å². The molecule has 0 spiro atoms. The van der Waals surface area contributed by atoms with Crippen LogP contribution in [0.5, 0.6) is 11.5 Å². The zero-order valence-corrected chi connectivity index (χ0v) is 20.8. The highest BCUT2D eigenvalue weighted by molar-refractivity contribution is 6.09. The lowest BCUT2D eigenvalue weighted by atomic mass is 10.0. The third kappa shape index (κ3) is 5.57. The molecule has 7 nitrogen and oxygen atoms in total. The van der Waals surface area contributed by atoms with E-state index in [0.717, 1.165) is 55.8 Å². The number of hydrogen-bond acceptors (Lipinski definition) is 6. The average Bonchev–Trinajstić information content (AvgIpc) is 2.83. The van der Waals surface area contributed by atoms with Gasteiger partial charge in [-0.3, -0.25) is 0 Å². The lowest BCUT2D eigenvalue weighted by molar-refractivity contribution is 0.145. The molecule has 0 unspecified atom stereocenters. The molecule has 182 valence electrons. The smallest absolute Gasteiger partial charge is 0.407 e.